The molecule has 1 N–H and O–H groups in total. The Balaban J connectivity index is 2.38. The Hall–Kier alpha value is -2.15. The van der Waals surface area contributed by atoms with Crippen LogP contribution in [0.3, 0.4) is 0 Å². The number of aromatic nitrogens is 1. The number of hydrogen-bond donors (Lipinski definition) is 1. The van der Waals surface area contributed by atoms with Crippen molar-refractivity contribution in [2.24, 2.45) is 0 Å². The van der Waals surface area contributed by atoms with Gasteiger partial charge in [-0.25, -0.2) is 0 Å². The first kappa shape index (κ1) is 13.3. The maximum Gasteiger partial charge on any atom is 0.338 e. The number of nitro groups is 1. The summed E-state index contributed by atoms with van der Waals surface area (Å²) in [5, 5.41) is 24.0. The standard InChI is InChI=1S/C12H9BrN2O4/c1-7-12(15(17)18)11(19-14-7)5-2-8-6-9(13)3-4-10(8)16/h2-6,16H,1H3. The van der Waals surface area contributed by atoms with E-state index in [4.69, 9.17) is 4.52 Å². The van der Waals surface area contributed by atoms with Gasteiger partial charge in [0, 0.05) is 10.0 Å². The lowest BCUT2D eigenvalue weighted by Gasteiger charge is -1.98. The van der Waals surface area contributed by atoms with Crippen molar-refractivity contribution in [3.8, 4) is 5.75 Å². The molecule has 98 valence electrons. The summed E-state index contributed by atoms with van der Waals surface area (Å²) in [4.78, 5) is 10.3. The summed E-state index contributed by atoms with van der Waals surface area (Å²) in [7, 11) is 0. The molecule has 6 nitrogen and oxygen atoms in total. The fourth-order valence-electron chi connectivity index (χ4n) is 1.54. The van der Waals surface area contributed by atoms with Crippen LogP contribution in [0.4, 0.5) is 5.69 Å². The van der Waals surface area contributed by atoms with Gasteiger partial charge < -0.3 is 9.63 Å². The monoisotopic (exact) mass is 324 g/mol. The van der Waals surface area contributed by atoms with Crippen molar-refractivity contribution in [3.05, 3.63) is 49.8 Å². The van der Waals surface area contributed by atoms with Gasteiger partial charge in [0.2, 0.25) is 5.76 Å². The molecule has 0 aliphatic rings. The molecule has 0 aliphatic heterocycles. The minimum Gasteiger partial charge on any atom is -0.507 e. The van der Waals surface area contributed by atoms with Crippen molar-refractivity contribution in [1.82, 2.24) is 5.16 Å². The average molecular weight is 325 g/mol. The van der Waals surface area contributed by atoms with Gasteiger partial charge in [-0.15, -0.1) is 0 Å². The maximum absolute atomic E-state index is 10.9. The van der Waals surface area contributed by atoms with E-state index in [2.05, 4.69) is 21.1 Å². The zero-order chi connectivity index (χ0) is 14.0. The molecule has 0 unspecified atom stereocenters. The second-order valence-corrected chi connectivity index (χ2v) is 4.69. The van der Waals surface area contributed by atoms with E-state index in [1.807, 2.05) is 0 Å². The van der Waals surface area contributed by atoms with Gasteiger partial charge in [-0.2, -0.15) is 0 Å². The molecule has 0 saturated heterocycles. The van der Waals surface area contributed by atoms with Crippen molar-refractivity contribution in [1.29, 1.82) is 0 Å². The smallest absolute Gasteiger partial charge is 0.338 e. The van der Waals surface area contributed by atoms with Gasteiger partial charge in [0.25, 0.3) is 0 Å². The van der Waals surface area contributed by atoms with Crippen LogP contribution in [0.25, 0.3) is 12.2 Å². The van der Waals surface area contributed by atoms with E-state index in [0.29, 0.717) is 5.56 Å². The molecule has 2 aromatic rings. The molecule has 0 aliphatic carbocycles. The quantitative estimate of drug-likeness (QED) is 0.689. The Morgan fingerprint density at radius 1 is 1.47 bits per heavy atom. The Morgan fingerprint density at radius 2 is 2.21 bits per heavy atom. The van der Waals surface area contributed by atoms with E-state index < -0.39 is 4.92 Å². The first-order valence-electron chi connectivity index (χ1n) is 5.26. The fourth-order valence-corrected chi connectivity index (χ4v) is 1.92. The molecule has 0 saturated carbocycles. The molecule has 0 amide bonds. The van der Waals surface area contributed by atoms with Crippen LogP contribution in [0.2, 0.25) is 0 Å². The molecular formula is C12H9BrN2O4. The molecule has 0 bridgehead atoms. The predicted molar refractivity (Wildman–Crippen MR) is 72.6 cm³/mol. The molecule has 1 aromatic heterocycles. The summed E-state index contributed by atoms with van der Waals surface area (Å²) in [5.74, 6) is 0.111. The molecule has 1 aromatic carbocycles. The molecular weight excluding hydrogens is 316 g/mol. The Bertz CT molecular complexity index is 664. The molecule has 0 radical (unpaired) electrons. The van der Waals surface area contributed by atoms with Crippen LogP contribution in [0, 0.1) is 17.0 Å². The van der Waals surface area contributed by atoms with Crippen LogP contribution in [0.5, 0.6) is 5.75 Å². The van der Waals surface area contributed by atoms with E-state index in [9.17, 15) is 15.2 Å². The number of nitrogens with zero attached hydrogens (tertiary/aromatic N) is 2. The maximum atomic E-state index is 10.9. The molecule has 19 heavy (non-hydrogen) atoms. The molecule has 1 heterocycles. The normalized spacial score (nSPS) is 11.1. The minimum absolute atomic E-state index is 0.0434. The highest BCUT2D eigenvalue weighted by Gasteiger charge is 2.21. The van der Waals surface area contributed by atoms with Gasteiger partial charge in [0.15, 0.2) is 5.69 Å². The van der Waals surface area contributed by atoms with E-state index in [-0.39, 0.29) is 22.9 Å². The number of phenols is 1. The average Bonchev–Trinajstić information content (AvgIpc) is 2.72. The van der Waals surface area contributed by atoms with Crippen molar-refractivity contribution in [2.75, 3.05) is 0 Å². The summed E-state index contributed by atoms with van der Waals surface area (Å²) in [5.41, 5.74) is 0.548. The lowest BCUT2D eigenvalue weighted by molar-refractivity contribution is -0.386. The molecule has 7 heteroatoms. The number of phenolic OH excluding ortho intramolecular Hbond substituents is 1. The van der Waals surface area contributed by atoms with Crippen LogP contribution >= 0.6 is 15.9 Å². The summed E-state index contributed by atoms with van der Waals surface area (Å²) in [6.45, 7) is 1.50. The van der Waals surface area contributed by atoms with Gasteiger partial charge in [-0.3, -0.25) is 10.1 Å². The predicted octanol–water partition coefficient (Wildman–Crippen LogP) is 3.53. The topological polar surface area (TPSA) is 89.4 Å². The van der Waals surface area contributed by atoms with Gasteiger partial charge in [-0.05, 0) is 37.3 Å². The first-order valence-corrected chi connectivity index (χ1v) is 6.05. The van der Waals surface area contributed by atoms with E-state index in [0.717, 1.165) is 4.47 Å². The number of aryl methyl sites for hydroxylation is 1. The Labute approximate surface area is 116 Å². The third kappa shape index (κ3) is 2.82. The van der Waals surface area contributed by atoms with Crippen LogP contribution in [0.15, 0.2) is 27.2 Å². The Morgan fingerprint density at radius 3 is 2.89 bits per heavy atom. The summed E-state index contributed by atoms with van der Waals surface area (Å²) >= 11 is 3.28. The lowest BCUT2D eigenvalue weighted by Crippen LogP contribution is -1.90. The summed E-state index contributed by atoms with van der Waals surface area (Å²) in [6, 6.07) is 4.89. The Kier molecular flexibility index (Phi) is 3.66. The van der Waals surface area contributed by atoms with E-state index in [1.165, 1.54) is 25.1 Å². The lowest BCUT2D eigenvalue weighted by atomic mass is 10.1. The number of aromatic hydroxyl groups is 1. The number of benzene rings is 1. The van der Waals surface area contributed by atoms with Crippen molar-refractivity contribution >= 4 is 33.8 Å². The van der Waals surface area contributed by atoms with Crippen molar-refractivity contribution in [2.45, 2.75) is 6.92 Å². The highest BCUT2D eigenvalue weighted by atomic mass is 79.9. The number of rotatable bonds is 3. The van der Waals surface area contributed by atoms with E-state index in [1.54, 1.807) is 12.1 Å². The second-order valence-electron chi connectivity index (χ2n) is 3.77. The second kappa shape index (κ2) is 5.23. The molecule has 0 spiro atoms. The van der Waals surface area contributed by atoms with Gasteiger partial charge in [-0.1, -0.05) is 21.1 Å². The minimum atomic E-state index is -0.549. The van der Waals surface area contributed by atoms with Gasteiger partial charge in [0.05, 0.1) is 4.92 Å². The first-order chi connectivity index (χ1) is 8.99. The highest BCUT2D eigenvalue weighted by molar-refractivity contribution is 9.10. The highest BCUT2D eigenvalue weighted by Crippen LogP contribution is 2.27. The molecule has 2 rings (SSSR count). The van der Waals surface area contributed by atoms with Crippen LogP contribution < -0.4 is 0 Å². The summed E-state index contributed by atoms with van der Waals surface area (Å²) in [6.07, 6.45) is 2.92. The van der Waals surface area contributed by atoms with Crippen LogP contribution in [0.1, 0.15) is 17.0 Å². The third-order valence-electron chi connectivity index (χ3n) is 2.44. The van der Waals surface area contributed by atoms with Gasteiger partial charge >= 0.3 is 5.69 Å². The largest absolute Gasteiger partial charge is 0.507 e. The third-order valence-corrected chi connectivity index (χ3v) is 2.94. The number of hydrogen-bond acceptors (Lipinski definition) is 5. The van der Waals surface area contributed by atoms with Crippen LogP contribution in [-0.4, -0.2) is 15.2 Å². The zero-order valence-corrected chi connectivity index (χ0v) is 11.4. The van der Waals surface area contributed by atoms with Gasteiger partial charge in [0.1, 0.15) is 5.75 Å². The molecule has 0 atom stereocenters. The summed E-state index contributed by atoms with van der Waals surface area (Å²) < 4.78 is 5.66. The zero-order valence-electron chi connectivity index (χ0n) is 9.83. The van der Waals surface area contributed by atoms with Crippen LogP contribution in [-0.2, 0) is 0 Å². The fraction of sp³-hybridized carbons (Fsp3) is 0.0833. The van der Waals surface area contributed by atoms with Crippen molar-refractivity contribution in [3.63, 3.8) is 0 Å². The molecule has 0 fully saturated rings. The number of halogens is 1. The van der Waals surface area contributed by atoms with E-state index >= 15 is 0 Å². The SMILES string of the molecule is Cc1noc(C=Cc2cc(Br)ccc2O)c1[N+](=O)[O-]. The van der Waals surface area contributed by atoms with Crippen molar-refractivity contribution < 1.29 is 14.6 Å².